The molecule has 0 aliphatic carbocycles. The summed E-state index contributed by atoms with van der Waals surface area (Å²) in [5, 5.41) is 2.13. The first-order valence-electron chi connectivity index (χ1n) is 3.98. The molecule has 0 fully saturated rings. The van der Waals surface area contributed by atoms with Crippen molar-refractivity contribution in [3.05, 3.63) is 29.3 Å². The van der Waals surface area contributed by atoms with Gasteiger partial charge in [-0.25, -0.2) is 0 Å². The third kappa shape index (κ3) is 0.994. The van der Waals surface area contributed by atoms with Crippen LogP contribution in [0.4, 0.5) is 0 Å². The molecule has 2 aromatic rings. The molecule has 2 heterocycles. The number of rotatable bonds is 1. The minimum absolute atomic E-state index is 1.28. The summed E-state index contributed by atoms with van der Waals surface area (Å²) < 4.78 is 3.58. The SMILES string of the molecule is CC=Cc1cc2sccc2n1C. The molecule has 0 saturated heterocycles. The molecule has 62 valence electrons. The number of hydrogen-bond acceptors (Lipinski definition) is 1. The van der Waals surface area contributed by atoms with E-state index >= 15 is 0 Å². The highest BCUT2D eigenvalue weighted by Crippen LogP contribution is 2.24. The molecule has 0 aromatic carbocycles. The Morgan fingerprint density at radius 2 is 2.33 bits per heavy atom. The first kappa shape index (κ1) is 7.62. The van der Waals surface area contributed by atoms with Crippen LogP contribution in [0.25, 0.3) is 16.3 Å². The zero-order valence-corrected chi connectivity index (χ0v) is 8.06. The zero-order chi connectivity index (χ0) is 8.55. The fourth-order valence-corrected chi connectivity index (χ4v) is 2.26. The molecule has 12 heavy (non-hydrogen) atoms. The molecule has 0 unspecified atom stereocenters. The standard InChI is InChI=1S/C10H11NS/c1-3-4-8-7-10-9(11(8)2)5-6-12-10/h3-7H,1-2H3. The van der Waals surface area contributed by atoms with Crippen LogP contribution >= 0.6 is 11.3 Å². The van der Waals surface area contributed by atoms with Gasteiger partial charge >= 0.3 is 0 Å². The van der Waals surface area contributed by atoms with Gasteiger partial charge in [-0.1, -0.05) is 6.08 Å². The van der Waals surface area contributed by atoms with Crippen LogP contribution in [0, 0.1) is 0 Å². The predicted molar refractivity (Wildman–Crippen MR) is 55.5 cm³/mol. The average molecular weight is 177 g/mol. The highest BCUT2D eigenvalue weighted by Gasteiger charge is 2.02. The van der Waals surface area contributed by atoms with E-state index in [0.717, 1.165) is 0 Å². The average Bonchev–Trinajstić information content (AvgIpc) is 2.58. The van der Waals surface area contributed by atoms with Gasteiger partial charge in [-0.3, -0.25) is 0 Å². The molecule has 2 rings (SSSR count). The van der Waals surface area contributed by atoms with Gasteiger partial charge in [0, 0.05) is 12.7 Å². The molecule has 0 saturated carbocycles. The van der Waals surface area contributed by atoms with Crippen molar-refractivity contribution in [1.29, 1.82) is 0 Å². The van der Waals surface area contributed by atoms with Crippen LogP contribution in [0.15, 0.2) is 23.6 Å². The fourth-order valence-electron chi connectivity index (χ4n) is 1.40. The number of fused-ring (bicyclic) bond motifs is 1. The lowest BCUT2D eigenvalue weighted by Crippen LogP contribution is -1.88. The molecule has 1 nitrogen and oxygen atoms in total. The van der Waals surface area contributed by atoms with Crippen LogP contribution in [-0.4, -0.2) is 4.57 Å². The molecule has 0 N–H and O–H groups in total. The Bertz CT molecular complexity index is 420. The zero-order valence-electron chi connectivity index (χ0n) is 7.24. The topological polar surface area (TPSA) is 4.93 Å². The first-order valence-corrected chi connectivity index (χ1v) is 4.86. The van der Waals surface area contributed by atoms with Gasteiger partial charge in [-0.2, -0.15) is 0 Å². The van der Waals surface area contributed by atoms with Gasteiger partial charge in [-0.05, 0) is 30.5 Å². The molecule has 0 amide bonds. The molecule has 0 aliphatic heterocycles. The van der Waals surface area contributed by atoms with Crippen molar-refractivity contribution in [2.75, 3.05) is 0 Å². The van der Waals surface area contributed by atoms with Crippen molar-refractivity contribution in [3.63, 3.8) is 0 Å². The smallest absolute Gasteiger partial charge is 0.0591 e. The van der Waals surface area contributed by atoms with E-state index < -0.39 is 0 Å². The first-order chi connectivity index (χ1) is 5.83. The number of nitrogens with zero attached hydrogens (tertiary/aromatic N) is 1. The molecular weight excluding hydrogens is 166 g/mol. The normalized spacial score (nSPS) is 11.8. The molecule has 0 spiro atoms. The van der Waals surface area contributed by atoms with Crippen molar-refractivity contribution in [3.8, 4) is 0 Å². The summed E-state index contributed by atoms with van der Waals surface area (Å²) in [6.45, 7) is 2.04. The highest BCUT2D eigenvalue weighted by molar-refractivity contribution is 7.17. The second-order valence-corrected chi connectivity index (χ2v) is 3.75. The van der Waals surface area contributed by atoms with Crippen molar-refractivity contribution >= 4 is 27.6 Å². The van der Waals surface area contributed by atoms with E-state index in [-0.39, 0.29) is 0 Å². The fraction of sp³-hybridized carbons (Fsp3) is 0.200. The van der Waals surface area contributed by atoms with Gasteiger partial charge < -0.3 is 4.57 Å². The minimum atomic E-state index is 1.28. The van der Waals surface area contributed by atoms with E-state index in [1.54, 1.807) is 11.3 Å². The van der Waals surface area contributed by atoms with E-state index in [1.165, 1.54) is 15.9 Å². The molecule has 0 radical (unpaired) electrons. The highest BCUT2D eigenvalue weighted by atomic mass is 32.1. The Balaban J connectivity index is 2.70. The van der Waals surface area contributed by atoms with E-state index in [4.69, 9.17) is 0 Å². The monoisotopic (exact) mass is 177 g/mol. The second kappa shape index (κ2) is 2.79. The Labute approximate surface area is 75.9 Å². The number of allylic oxidation sites excluding steroid dienone is 1. The van der Waals surface area contributed by atoms with Gasteiger partial charge in [0.25, 0.3) is 0 Å². The number of aryl methyl sites for hydroxylation is 1. The van der Waals surface area contributed by atoms with Gasteiger partial charge in [0.2, 0.25) is 0 Å². The van der Waals surface area contributed by atoms with Crippen LogP contribution in [0.5, 0.6) is 0 Å². The van der Waals surface area contributed by atoms with Crippen molar-refractivity contribution in [2.45, 2.75) is 6.92 Å². The molecule has 2 heteroatoms. The third-order valence-corrected chi connectivity index (χ3v) is 2.89. The predicted octanol–water partition coefficient (Wildman–Crippen LogP) is 3.27. The van der Waals surface area contributed by atoms with Crippen molar-refractivity contribution in [2.24, 2.45) is 7.05 Å². The van der Waals surface area contributed by atoms with Gasteiger partial charge in [0.15, 0.2) is 0 Å². The maximum Gasteiger partial charge on any atom is 0.0591 e. The Kier molecular flexibility index (Phi) is 1.77. The van der Waals surface area contributed by atoms with Crippen molar-refractivity contribution < 1.29 is 0 Å². The second-order valence-electron chi connectivity index (χ2n) is 2.80. The van der Waals surface area contributed by atoms with Crippen LogP contribution < -0.4 is 0 Å². The van der Waals surface area contributed by atoms with E-state index in [0.29, 0.717) is 0 Å². The Morgan fingerprint density at radius 3 is 3.00 bits per heavy atom. The molecule has 0 atom stereocenters. The summed E-state index contributed by atoms with van der Waals surface area (Å²) >= 11 is 1.79. The number of hydrogen-bond donors (Lipinski definition) is 0. The van der Waals surface area contributed by atoms with Crippen LogP contribution in [0.3, 0.4) is 0 Å². The molecule has 0 aliphatic rings. The van der Waals surface area contributed by atoms with E-state index in [2.05, 4.69) is 41.3 Å². The summed E-state index contributed by atoms with van der Waals surface area (Å²) in [5.41, 5.74) is 2.60. The largest absolute Gasteiger partial charge is 0.343 e. The Morgan fingerprint density at radius 1 is 1.50 bits per heavy atom. The van der Waals surface area contributed by atoms with E-state index in [1.807, 2.05) is 6.92 Å². The lowest BCUT2D eigenvalue weighted by atomic mass is 10.4. The Hall–Kier alpha value is -1.02. The minimum Gasteiger partial charge on any atom is -0.343 e. The number of aromatic nitrogens is 1. The molecular formula is C10H11NS. The molecule has 0 bridgehead atoms. The summed E-state index contributed by atoms with van der Waals surface area (Å²) in [7, 11) is 2.10. The summed E-state index contributed by atoms with van der Waals surface area (Å²) in [5.74, 6) is 0. The van der Waals surface area contributed by atoms with Crippen molar-refractivity contribution in [1.82, 2.24) is 4.57 Å². The number of thiophene rings is 1. The maximum absolute atomic E-state index is 2.22. The van der Waals surface area contributed by atoms with Crippen LogP contribution in [-0.2, 0) is 7.05 Å². The quantitative estimate of drug-likeness (QED) is 0.630. The maximum atomic E-state index is 2.22. The van der Waals surface area contributed by atoms with Gasteiger partial charge in [0.1, 0.15) is 0 Å². The summed E-state index contributed by atoms with van der Waals surface area (Å²) in [6.07, 6.45) is 4.20. The van der Waals surface area contributed by atoms with Gasteiger partial charge in [-0.15, -0.1) is 11.3 Å². The lowest BCUT2D eigenvalue weighted by molar-refractivity contribution is 0.955. The van der Waals surface area contributed by atoms with Gasteiger partial charge in [0.05, 0.1) is 10.2 Å². The molecule has 2 aromatic heterocycles. The summed E-state index contributed by atoms with van der Waals surface area (Å²) in [4.78, 5) is 0. The van der Waals surface area contributed by atoms with Crippen LogP contribution in [0.1, 0.15) is 12.6 Å². The van der Waals surface area contributed by atoms with E-state index in [9.17, 15) is 0 Å². The summed E-state index contributed by atoms with van der Waals surface area (Å²) in [6, 6.07) is 4.38. The van der Waals surface area contributed by atoms with Crippen LogP contribution in [0.2, 0.25) is 0 Å². The third-order valence-electron chi connectivity index (χ3n) is 2.04. The lowest BCUT2D eigenvalue weighted by Gasteiger charge is -1.95.